The number of nitrogens with zero attached hydrogens (tertiary/aromatic N) is 2. The van der Waals surface area contributed by atoms with Crippen LogP contribution in [0.5, 0.6) is 0 Å². The van der Waals surface area contributed by atoms with Crippen LogP contribution in [0.3, 0.4) is 0 Å². The molecule has 0 unspecified atom stereocenters. The summed E-state index contributed by atoms with van der Waals surface area (Å²) in [6, 6.07) is 3.46. The van der Waals surface area contributed by atoms with E-state index in [4.69, 9.17) is 9.47 Å². The van der Waals surface area contributed by atoms with Crippen LogP contribution < -0.4 is 0 Å². The predicted octanol–water partition coefficient (Wildman–Crippen LogP) is 1.52. The molecule has 0 amide bonds. The lowest BCUT2D eigenvalue weighted by Crippen LogP contribution is -2.51. The molecule has 1 aliphatic rings. The molecule has 7 heteroatoms. The maximum Gasteiger partial charge on any atom is 0.329 e. The smallest absolute Gasteiger partial charge is 0.329 e. The van der Waals surface area contributed by atoms with Crippen molar-refractivity contribution in [3.63, 3.8) is 0 Å². The van der Waals surface area contributed by atoms with Gasteiger partial charge in [-0.05, 0) is 26.7 Å². The minimum Gasteiger partial charge on any atom is -0.465 e. The molecule has 1 aliphatic carbocycles. The Balaban J connectivity index is 3.42. The molecule has 0 bridgehead atoms. The second kappa shape index (κ2) is 8.28. The van der Waals surface area contributed by atoms with Gasteiger partial charge in [-0.1, -0.05) is 6.42 Å². The van der Waals surface area contributed by atoms with E-state index in [9.17, 15) is 24.9 Å². The molecule has 1 rings (SSSR count). The normalized spacial score (nSPS) is 21.2. The van der Waals surface area contributed by atoms with Crippen LogP contribution in [-0.2, 0) is 23.9 Å². The largest absolute Gasteiger partial charge is 0.465 e. The second-order valence-electron chi connectivity index (χ2n) is 5.28. The monoisotopic (exact) mass is 320 g/mol. The SMILES string of the molecule is CCOC(=O)[C@@H](C#N)[C@@](C#N)(C(=O)OCC)[C@@H]1CCCCC1=O. The molecular formula is C16H20N2O5. The third-order valence-electron chi connectivity index (χ3n) is 4.01. The highest BCUT2D eigenvalue weighted by atomic mass is 16.5. The van der Waals surface area contributed by atoms with Crippen LogP contribution in [0.4, 0.5) is 0 Å². The number of rotatable bonds is 6. The number of hydrogen-bond acceptors (Lipinski definition) is 7. The number of ether oxygens (including phenoxy) is 2. The van der Waals surface area contributed by atoms with E-state index in [-0.39, 0.29) is 31.8 Å². The Labute approximate surface area is 135 Å². The summed E-state index contributed by atoms with van der Waals surface area (Å²) in [5.41, 5.74) is -2.16. The Hall–Kier alpha value is -2.41. The molecule has 0 N–H and O–H groups in total. The van der Waals surface area contributed by atoms with E-state index in [1.807, 2.05) is 0 Å². The maximum absolute atomic E-state index is 12.5. The molecule has 0 heterocycles. The van der Waals surface area contributed by atoms with Crippen molar-refractivity contribution < 1.29 is 23.9 Å². The van der Waals surface area contributed by atoms with Gasteiger partial charge in [-0.15, -0.1) is 0 Å². The van der Waals surface area contributed by atoms with E-state index >= 15 is 0 Å². The minimum atomic E-state index is -2.16. The van der Waals surface area contributed by atoms with Crippen molar-refractivity contribution in [1.82, 2.24) is 0 Å². The number of Topliss-reactive ketones (excluding diaryl/α,β-unsaturated/α-hetero) is 1. The Morgan fingerprint density at radius 3 is 2.39 bits per heavy atom. The highest BCUT2D eigenvalue weighted by Gasteiger charge is 2.60. The number of carbonyl (C=O) groups excluding carboxylic acids is 3. The molecular weight excluding hydrogens is 300 g/mol. The van der Waals surface area contributed by atoms with E-state index < -0.39 is 29.2 Å². The van der Waals surface area contributed by atoms with Crippen molar-refractivity contribution in [2.45, 2.75) is 39.5 Å². The van der Waals surface area contributed by atoms with Gasteiger partial charge in [-0.2, -0.15) is 10.5 Å². The molecule has 3 atom stereocenters. The summed E-state index contributed by atoms with van der Waals surface area (Å²) in [5.74, 6) is -5.02. The molecule has 1 fully saturated rings. The highest BCUT2D eigenvalue weighted by Crippen LogP contribution is 2.43. The molecule has 0 spiro atoms. The summed E-state index contributed by atoms with van der Waals surface area (Å²) >= 11 is 0. The number of hydrogen-bond donors (Lipinski definition) is 0. The van der Waals surface area contributed by atoms with Gasteiger partial charge < -0.3 is 9.47 Å². The highest BCUT2D eigenvalue weighted by molar-refractivity contribution is 5.96. The fourth-order valence-corrected chi connectivity index (χ4v) is 2.93. The molecule has 1 saturated carbocycles. The Morgan fingerprint density at radius 2 is 1.91 bits per heavy atom. The van der Waals surface area contributed by atoms with Crippen LogP contribution in [0.15, 0.2) is 0 Å². The van der Waals surface area contributed by atoms with E-state index in [0.29, 0.717) is 12.8 Å². The quantitative estimate of drug-likeness (QED) is 0.681. The summed E-state index contributed by atoms with van der Waals surface area (Å²) < 4.78 is 9.76. The van der Waals surface area contributed by atoms with Gasteiger partial charge >= 0.3 is 11.9 Å². The van der Waals surface area contributed by atoms with E-state index in [2.05, 4.69) is 0 Å². The molecule has 0 aromatic carbocycles. The van der Waals surface area contributed by atoms with Crippen LogP contribution in [0, 0.1) is 39.9 Å². The molecule has 0 aromatic heterocycles. The van der Waals surface area contributed by atoms with Gasteiger partial charge in [-0.3, -0.25) is 14.4 Å². The van der Waals surface area contributed by atoms with E-state index in [1.54, 1.807) is 26.0 Å². The molecule has 0 saturated heterocycles. The Bertz CT molecular complexity index is 560. The number of nitriles is 2. The third kappa shape index (κ3) is 3.50. The summed E-state index contributed by atoms with van der Waals surface area (Å²) in [6.45, 7) is 3.08. The molecule has 0 aliphatic heterocycles. The first-order valence-corrected chi connectivity index (χ1v) is 7.66. The fourth-order valence-electron chi connectivity index (χ4n) is 2.93. The summed E-state index contributed by atoms with van der Waals surface area (Å²) in [7, 11) is 0. The summed E-state index contributed by atoms with van der Waals surface area (Å²) in [4.78, 5) is 36.9. The molecule has 0 aromatic rings. The first kappa shape index (κ1) is 18.6. The van der Waals surface area contributed by atoms with Gasteiger partial charge in [0.2, 0.25) is 0 Å². The lowest BCUT2D eigenvalue weighted by Gasteiger charge is -2.35. The Morgan fingerprint density at radius 1 is 1.26 bits per heavy atom. The Kier molecular flexibility index (Phi) is 6.71. The van der Waals surface area contributed by atoms with Crippen molar-refractivity contribution in [2.24, 2.45) is 17.3 Å². The number of carbonyl (C=O) groups is 3. The van der Waals surface area contributed by atoms with Gasteiger partial charge in [0.05, 0.1) is 25.4 Å². The first-order valence-electron chi connectivity index (χ1n) is 7.66. The van der Waals surface area contributed by atoms with Gasteiger partial charge in [-0.25, -0.2) is 0 Å². The average molecular weight is 320 g/mol. The van der Waals surface area contributed by atoms with Crippen molar-refractivity contribution in [1.29, 1.82) is 10.5 Å². The maximum atomic E-state index is 12.5. The average Bonchev–Trinajstić information content (AvgIpc) is 2.53. The van der Waals surface area contributed by atoms with E-state index in [1.165, 1.54) is 0 Å². The second-order valence-corrected chi connectivity index (χ2v) is 5.28. The fraction of sp³-hybridized carbons (Fsp3) is 0.688. The predicted molar refractivity (Wildman–Crippen MR) is 77.4 cm³/mol. The van der Waals surface area contributed by atoms with Gasteiger partial charge in [0.25, 0.3) is 0 Å². The zero-order chi connectivity index (χ0) is 17.5. The van der Waals surface area contributed by atoms with Crippen LogP contribution in [0.25, 0.3) is 0 Å². The first-order chi connectivity index (χ1) is 11.0. The summed E-state index contributed by atoms with van der Waals surface area (Å²) in [6.07, 6.45) is 1.79. The lowest BCUT2D eigenvalue weighted by molar-refractivity contribution is -0.168. The zero-order valence-corrected chi connectivity index (χ0v) is 13.3. The number of esters is 2. The standard InChI is InChI=1S/C16H20N2O5/c1-3-22-14(20)12(9-17)16(10-18,15(21)23-4-2)11-7-5-6-8-13(11)19/h11-12H,3-8H2,1-2H3/t11-,12-,16+/m1/s1. The topological polar surface area (TPSA) is 117 Å². The minimum absolute atomic E-state index is 0.0000393. The van der Waals surface area contributed by atoms with Crippen LogP contribution >= 0.6 is 0 Å². The van der Waals surface area contributed by atoms with Crippen molar-refractivity contribution in [3.05, 3.63) is 0 Å². The van der Waals surface area contributed by atoms with Crippen molar-refractivity contribution >= 4 is 17.7 Å². The zero-order valence-electron chi connectivity index (χ0n) is 13.3. The molecule has 124 valence electrons. The molecule has 23 heavy (non-hydrogen) atoms. The third-order valence-corrected chi connectivity index (χ3v) is 4.01. The lowest BCUT2D eigenvalue weighted by atomic mass is 9.62. The molecule has 7 nitrogen and oxygen atoms in total. The van der Waals surface area contributed by atoms with Gasteiger partial charge in [0.15, 0.2) is 11.3 Å². The van der Waals surface area contributed by atoms with Crippen LogP contribution in [-0.4, -0.2) is 30.9 Å². The van der Waals surface area contributed by atoms with Gasteiger partial charge in [0.1, 0.15) is 5.78 Å². The van der Waals surface area contributed by atoms with Crippen LogP contribution in [0.2, 0.25) is 0 Å². The van der Waals surface area contributed by atoms with Crippen molar-refractivity contribution in [3.8, 4) is 12.1 Å². The molecule has 0 radical (unpaired) electrons. The number of ketones is 1. The van der Waals surface area contributed by atoms with Gasteiger partial charge in [0, 0.05) is 12.3 Å². The van der Waals surface area contributed by atoms with Crippen molar-refractivity contribution in [2.75, 3.05) is 13.2 Å². The van der Waals surface area contributed by atoms with E-state index in [0.717, 1.165) is 0 Å². The van der Waals surface area contributed by atoms with Crippen LogP contribution in [0.1, 0.15) is 39.5 Å². The summed E-state index contributed by atoms with van der Waals surface area (Å²) in [5, 5.41) is 19.1.